The topological polar surface area (TPSA) is 38.7 Å². The van der Waals surface area contributed by atoms with Crippen LogP contribution in [0.4, 0.5) is 0 Å². The minimum atomic E-state index is -0.237. The van der Waals surface area contributed by atoms with Crippen LogP contribution in [0.2, 0.25) is 0 Å². The molecule has 0 saturated carbocycles. The van der Waals surface area contributed by atoms with Gasteiger partial charge < -0.3 is 14.6 Å². The Hall–Kier alpha value is -0.120. The molecule has 3 nitrogen and oxygen atoms in total. The Bertz CT molecular complexity index is 121. The van der Waals surface area contributed by atoms with Gasteiger partial charge in [-0.1, -0.05) is 6.92 Å². The predicted molar refractivity (Wildman–Crippen MR) is 50.7 cm³/mol. The molecule has 0 aromatic heterocycles. The summed E-state index contributed by atoms with van der Waals surface area (Å²) in [5, 5.41) is 9.69. The number of aliphatic hydroxyl groups excluding tert-OH is 1. The minimum Gasteiger partial charge on any atom is -0.393 e. The van der Waals surface area contributed by atoms with E-state index < -0.39 is 0 Å². The van der Waals surface area contributed by atoms with Crippen LogP contribution in [0.1, 0.15) is 26.2 Å². The van der Waals surface area contributed by atoms with E-state index in [0.717, 1.165) is 39.1 Å². The van der Waals surface area contributed by atoms with E-state index in [0.29, 0.717) is 12.5 Å². The maximum atomic E-state index is 9.69. The molecule has 0 aliphatic carbocycles. The van der Waals surface area contributed by atoms with Gasteiger partial charge in [-0.3, -0.25) is 0 Å². The molecule has 0 aromatic rings. The van der Waals surface area contributed by atoms with E-state index in [2.05, 4.69) is 6.92 Å². The Labute approximate surface area is 80.0 Å². The summed E-state index contributed by atoms with van der Waals surface area (Å²) < 4.78 is 10.5. The van der Waals surface area contributed by atoms with Crippen LogP contribution in [-0.4, -0.2) is 37.6 Å². The highest BCUT2D eigenvalue weighted by Gasteiger charge is 2.23. The zero-order valence-corrected chi connectivity index (χ0v) is 8.37. The van der Waals surface area contributed by atoms with Crippen molar-refractivity contribution in [1.29, 1.82) is 0 Å². The lowest BCUT2D eigenvalue weighted by molar-refractivity contribution is 0.0459. The first kappa shape index (κ1) is 11.0. The molecular formula is C10H20O3. The summed E-state index contributed by atoms with van der Waals surface area (Å²) in [6, 6.07) is 0. The van der Waals surface area contributed by atoms with Crippen LogP contribution >= 0.6 is 0 Å². The fourth-order valence-electron chi connectivity index (χ4n) is 1.54. The highest BCUT2D eigenvalue weighted by molar-refractivity contribution is 4.72. The maximum Gasteiger partial charge on any atom is 0.0613 e. The zero-order chi connectivity index (χ0) is 9.52. The lowest BCUT2D eigenvalue weighted by Crippen LogP contribution is -2.22. The van der Waals surface area contributed by atoms with Crippen LogP contribution in [0.15, 0.2) is 0 Å². The Morgan fingerprint density at radius 2 is 2.38 bits per heavy atom. The Morgan fingerprint density at radius 1 is 1.54 bits per heavy atom. The largest absolute Gasteiger partial charge is 0.393 e. The van der Waals surface area contributed by atoms with Gasteiger partial charge in [-0.2, -0.15) is 0 Å². The van der Waals surface area contributed by atoms with Gasteiger partial charge in [0.25, 0.3) is 0 Å². The summed E-state index contributed by atoms with van der Waals surface area (Å²) >= 11 is 0. The van der Waals surface area contributed by atoms with E-state index in [1.165, 1.54) is 0 Å². The number of hydrogen-bond donors (Lipinski definition) is 1. The van der Waals surface area contributed by atoms with Crippen LogP contribution in [0.25, 0.3) is 0 Å². The molecule has 13 heavy (non-hydrogen) atoms. The van der Waals surface area contributed by atoms with Crippen molar-refractivity contribution in [1.82, 2.24) is 0 Å². The summed E-state index contributed by atoms with van der Waals surface area (Å²) in [6.45, 7) is 5.08. The molecule has 1 saturated heterocycles. The van der Waals surface area contributed by atoms with Crippen molar-refractivity contribution in [2.45, 2.75) is 32.3 Å². The zero-order valence-electron chi connectivity index (χ0n) is 8.37. The van der Waals surface area contributed by atoms with Crippen LogP contribution in [-0.2, 0) is 9.47 Å². The molecule has 0 bridgehead atoms. The molecule has 0 spiro atoms. The van der Waals surface area contributed by atoms with E-state index in [-0.39, 0.29) is 6.10 Å². The van der Waals surface area contributed by atoms with Crippen LogP contribution in [0, 0.1) is 5.92 Å². The first-order valence-electron chi connectivity index (χ1n) is 5.18. The van der Waals surface area contributed by atoms with Gasteiger partial charge in [0, 0.05) is 25.7 Å². The third kappa shape index (κ3) is 4.07. The fraction of sp³-hybridized carbons (Fsp3) is 1.00. The van der Waals surface area contributed by atoms with Crippen molar-refractivity contribution >= 4 is 0 Å². The van der Waals surface area contributed by atoms with Gasteiger partial charge >= 0.3 is 0 Å². The minimum absolute atomic E-state index is 0.237. The molecule has 1 fully saturated rings. The van der Waals surface area contributed by atoms with Crippen molar-refractivity contribution in [2.75, 3.05) is 26.4 Å². The standard InChI is InChI=1S/C10H20O3/c1-2-5-12-7-4-10(11)9-3-6-13-8-9/h9-11H,2-8H2,1H3. The number of hydrogen-bond acceptors (Lipinski definition) is 3. The molecule has 2 unspecified atom stereocenters. The van der Waals surface area contributed by atoms with Crippen LogP contribution in [0.3, 0.4) is 0 Å². The Kier molecular flexibility index (Phi) is 5.35. The number of ether oxygens (including phenoxy) is 2. The third-order valence-electron chi connectivity index (χ3n) is 2.42. The summed E-state index contributed by atoms with van der Waals surface area (Å²) in [5.41, 5.74) is 0. The third-order valence-corrected chi connectivity index (χ3v) is 2.42. The molecule has 3 heteroatoms. The van der Waals surface area contributed by atoms with Gasteiger partial charge in [-0.25, -0.2) is 0 Å². The van der Waals surface area contributed by atoms with Gasteiger partial charge in [0.1, 0.15) is 0 Å². The molecule has 1 heterocycles. The summed E-state index contributed by atoms with van der Waals surface area (Å²) in [5.74, 6) is 0.338. The number of aliphatic hydroxyl groups is 1. The molecule has 1 aliphatic heterocycles. The molecule has 1 aliphatic rings. The monoisotopic (exact) mass is 188 g/mol. The molecule has 1 N–H and O–H groups in total. The van der Waals surface area contributed by atoms with Crippen molar-refractivity contribution in [3.8, 4) is 0 Å². The molecule has 0 radical (unpaired) electrons. The van der Waals surface area contributed by atoms with E-state index in [9.17, 15) is 5.11 Å². The van der Waals surface area contributed by atoms with E-state index in [1.54, 1.807) is 0 Å². The van der Waals surface area contributed by atoms with E-state index in [1.807, 2.05) is 0 Å². The lowest BCUT2D eigenvalue weighted by atomic mass is 10.00. The number of rotatable bonds is 6. The van der Waals surface area contributed by atoms with Gasteiger partial charge in [-0.05, 0) is 19.3 Å². The van der Waals surface area contributed by atoms with Crippen molar-refractivity contribution < 1.29 is 14.6 Å². The highest BCUT2D eigenvalue weighted by atomic mass is 16.5. The van der Waals surface area contributed by atoms with Crippen LogP contribution in [0.5, 0.6) is 0 Å². The molecule has 1 rings (SSSR count). The molecule has 78 valence electrons. The van der Waals surface area contributed by atoms with Crippen LogP contribution < -0.4 is 0 Å². The molecule has 0 aromatic carbocycles. The van der Waals surface area contributed by atoms with Gasteiger partial charge in [-0.15, -0.1) is 0 Å². The van der Waals surface area contributed by atoms with Crippen molar-refractivity contribution in [2.24, 2.45) is 5.92 Å². The van der Waals surface area contributed by atoms with Gasteiger partial charge in [0.2, 0.25) is 0 Å². The molecular weight excluding hydrogens is 168 g/mol. The first-order valence-corrected chi connectivity index (χ1v) is 5.18. The molecule has 0 amide bonds. The average molecular weight is 188 g/mol. The summed E-state index contributed by atoms with van der Waals surface area (Å²) in [4.78, 5) is 0. The lowest BCUT2D eigenvalue weighted by Gasteiger charge is -2.15. The Morgan fingerprint density at radius 3 is 3.00 bits per heavy atom. The van der Waals surface area contributed by atoms with Gasteiger partial charge in [0.05, 0.1) is 12.7 Å². The van der Waals surface area contributed by atoms with E-state index >= 15 is 0 Å². The molecule has 2 atom stereocenters. The SMILES string of the molecule is CCCOCCC(O)C1CCOC1. The van der Waals surface area contributed by atoms with Gasteiger partial charge in [0.15, 0.2) is 0 Å². The quantitative estimate of drug-likeness (QED) is 0.637. The smallest absolute Gasteiger partial charge is 0.0613 e. The second kappa shape index (κ2) is 6.35. The average Bonchev–Trinajstić information content (AvgIpc) is 2.65. The Balaban J connectivity index is 1.99. The summed E-state index contributed by atoms with van der Waals surface area (Å²) in [7, 11) is 0. The summed E-state index contributed by atoms with van der Waals surface area (Å²) in [6.07, 6.45) is 2.55. The maximum absolute atomic E-state index is 9.69. The normalized spacial score (nSPS) is 24.9. The first-order chi connectivity index (χ1) is 6.34. The fourth-order valence-corrected chi connectivity index (χ4v) is 1.54. The highest BCUT2D eigenvalue weighted by Crippen LogP contribution is 2.18. The van der Waals surface area contributed by atoms with Crippen molar-refractivity contribution in [3.63, 3.8) is 0 Å². The second-order valence-corrected chi connectivity index (χ2v) is 3.59. The predicted octanol–water partition coefficient (Wildman–Crippen LogP) is 1.20. The van der Waals surface area contributed by atoms with Crippen molar-refractivity contribution in [3.05, 3.63) is 0 Å². The second-order valence-electron chi connectivity index (χ2n) is 3.59. The van der Waals surface area contributed by atoms with E-state index in [4.69, 9.17) is 9.47 Å².